The summed E-state index contributed by atoms with van der Waals surface area (Å²) < 4.78 is 35.4. The summed E-state index contributed by atoms with van der Waals surface area (Å²) in [5.74, 6) is 0. The molecule has 1 aliphatic carbocycles. The Bertz CT molecular complexity index is 326. The molecule has 0 saturated heterocycles. The van der Waals surface area contributed by atoms with Crippen LogP contribution >= 0.6 is 24.8 Å². The molecule has 0 aliphatic heterocycles. The number of allylic oxidation sites excluding steroid dienone is 3. The van der Waals surface area contributed by atoms with Gasteiger partial charge in [0.15, 0.2) is 5.00 Å². The van der Waals surface area contributed by atoms with E-state index in [2.05, 4.69) is 13.8 Å². The molecule has 7 heteroatoms. The van der Waals surface area contributed by atoms with Gasteiger partial charge in [-0.3, -0.25) is 4.21 Å². The molecule has 0 heterocycles. The number of hydrogen-bond donors (Lipinski definition) is 0. The molecule has 0 aromatic carbocycles. The van der Waals surface area contributed by atoms with E-state index >= 15 is 0 Å². The van der Waals surface area contributed by atoms with E-state index < -0.39 is 16.1 Å². The first-order chi connectivity index (χ1) is 6.78. The van der Waals surface area contributed by atoms with E-state index in [1.54, 1.807) is 36.4 Å². The second kappa shape index (κ2) is 10.7. The van der Waals surface area contributed by atoms with E-state index in [1.165, 1.54) is 9.28 Å². The molecule has 0 aromatic heterocycles. The number of rotatable bonds is 2. The minimum Gasteiger partial charge on any atom is -0.147 e. The number of halogens is 3. The Kier molecular flexibility index (Phi) is 14.5. The van der Waals surface area contributed by atoms with Gasteiger partial charge in [0.1, 0.15) is 0 Å². The number of alkyl halides is 1. The van der Waals surface area contributed by atoms with Gasteiger partial charge in [-0.05, 0) is 30.0 Å². The fourth-order valence-electron chi connectivity index (χ4n) is 0.885. The SMILES string of the molecule is CC(F)(C1=CC=CC1)S(=O)[O-].C[C](C)=[Zr].Cl.Cl. The van der Waals surface area contributed by atoms with Crippen molar-refractivity contribution in [3.63, 3.8) is 0 Å². The zero-order chi connectivity index (χ0) is 12.1. The van der Waals surface area contributed by atoms with Crippen LogP contribution in [0.15, 0.2) is 23.8 Å². The molecule has 2 atom stereocenters. The van der Waals surface area contributed by atoms with Crippen molar-refractivity contribution in [3.8, 4) is 0 Å². The van der Waals surface area contributed by atoms with Crippen molar-refractivity contribution in [2.24, 2.45) is 0 Å². The van der Waals surface area contributed by atoms with E-state index in [1.807, 2.05) is 0 Å². The van der Waals surface area contributed by atoms with E-state index in [0.717, 1.165) is 6.92 Å². The molecule has 2 nitrogen and oxygen atoms in total. The van der Waals surface area contributed by atoms with Crippen molar-refractivity contribution in [2.75, 3.05) is 0 Å². The van der Waals surface area contributed by atoms with Gasteiger partial charge in [0, 0.05) is 0 Å². The van der Waals surface area contributed by atoms with Gasteiger partial charge in [0.25, 0.3) is 0 Å². The largest absolute Gasteiger partial charge is 0.147 e. The quantitative estimate of drug-likeness (QED) is 0.690. The molecular weight excluding hydrogens is 365 g/mol. The minimum absolute atomic E-state index is 0. The van der Waals surface area contributed by atoms with E-state index in [-0.39, 0.29) is 24.8 Å². The molecule has 2 unspecified atom stereocenters. The van der Waals surface area contributed by atoms with Gasteiger partial charge >= 0.3 is 41.3 Å². The Morgan fingerprint density at radius 3 is 2.18 bits per heavy atom. The molecule has 0 aromatic rings. The molecule has 0 saturated carbocycles. The average Bonchev–Trinajstić information content (AvgIpc) is 2.54. The summed E-state index contributed by atoms with van der Waals surface area (Å²) in [5, 5.41) is -2.20. The van der Waals surface area contributed by atoms with Crippen LogP contribution in [0.3, 0.4) is 0 Å². The summed E-state index contributed by atoms with van der Waals surface area (Å²) >= 11 is -1.14. The Morgan fingerprint density at radius 2 is 1.94 bits per heavy atom. The first-order valence-electron chi connectivity index (χ1n) is 4.44. The predicted molar refractivity (Wildman–Crippen MR) is 71.1 cm³/mol. The molecule has 0 amide bonds. The molecule has 0 fully saturated rings. The summed E-state index contributed by atoms with van der Waals surface area (Å²) in [4.78, 5) is 0. The van der Waals surface area contributed by atoms with E-state index in [4.69, 9.17) is 0 Å². The van der Waals surface area contributed by atoms with Gasteiger partial charge in [-0.2, -0.15) is 0 Å². The van der Waals surface area contributed by atoms with E-state index in [9.17, 15) is 13.2 Å². The zero-order valence-corrected chi connectivity index (χ0v) is 14.8. The summed E-state index contributed by atoms with van der Waals surface area (Å²) in [6.07, 6.45) is 5.26. The Balaban J connectivity index is -0.000000289. The molecule has 100 valence electrons. The van der Waals surface area contributed by atoms with E-state index in [0.29, 0.717) is 12.0 Å². The molecule has 0 N–H and O–H groups in total. The average molecular weight is 381 g/mol. The maximum absolute atomic E-state index is 13.2. The van der Waals surface area contributed by atoms with Crippen molar-refractivity contribution < 1.29 is 37.4 Å². The predicted octanol–water partition coefficient (Wildman–Crippen LogP) is 3.03. The molecule has 1 aliphatic rings. The van der Waals surface area contributed by atoms with Crippen LogP contribution in [0.2, 0.25) is 0 Å². The monoisotopic (exact) mass is 379 g/mol. The molecule has 17 heavy (non-hydrogen) atoms. The fourth-order valence-corrected chi connectivity index (χ4v) is 1.25. The molecule has 0 radical (unpaired) electrons. The summed E-state index contributed by atoms with van der Waals surface area (Å²) in [6, 6.07) is 0. The second-order valence-electron chi connectivity index (χ2n) is 3.48. The van der Waals surface area contributed by atoms with Gasteiger partial charge in [0.05, 0.1) is 0 Å². The molecule has 1 rings (SSSR count). The summed E-state index contributed by atoms with van der Waals surface area (Å²) in [7, 11) is 0. The maximum atomic E-state index is 13.2. The topological polar surface area (TPSA) is 40.1 Å². The van der Waals surface area contributed by atoms with Crippen LogP contribution in [0.4, 0.5) is 4.39 Å². The van der Waals surface area contributed by atoms with Crippen LogP contribution in [-0.4, -0.2) is 17.0 Å². The van der Waals surface area contributed by atoms with Crippen molar-refractivity contribution >= 4 is 39.1 Å². The first-order valence-corrected chi connectivity index (χ1v) is 6.75. The smallest absolute Gasteiger partial charge is 0.147 e. The molecular formula is C10H16Cl2FO2SZr-. The van der Waals surface area contributed by atoms with Crippen LogP contribution in [0.25, 0.3) is 0 Å². The molecule has 0 spiro atoms. The Labute approximate surface area is 132 Å². The van der Waals surface area contributed by atoms with Crippen molar-refractivity contribution in [1.82, 2.24) is 0 Å². The van der Waals surface area contributed by atoms with Crippen LogP contribution in [0.1, 0.15) is 27.2 Å². The van der Waals surface area contributed by atoms with Crippen molar-refractivity contribution in [3.05, 3.63) is 23.8 Å². The van der Waals surface area contributed by atoms with Crippen molar-refractivity contribution in [1.29, 1.82) is 0 Å². The van der Waals surface area contributed by atoms with Crippen LogP contribution < -0.4 is 0 Å². The summed E-state index contributed by atoms with van der Waals surface area (Å²) in [5.41, 5.74) is 0.297. The third-order valence-electron chi connectivity index (χ3n) is 1.66. The second-order valence-corrected chi connectivity index (χ2v) is 7.17. The van der Waals surface area contributed by atoms with Gasteiger partial charge in [0.2, 0.25) is 0 Å². The van der Waals surface area contributed by atoms with Crippen LogP contribution in [0.5, 0.6) is 0 Å². The van der Waals surface area contributed by atoms with Crippen molar-refractivity contribution in [2.45, 2.75) is 32.2 Å². The minimum atomic E-state index is -2.69. The first kappa shape index (κ1) is 23.0. The summed E-state index contributed by atoms with van der Waals surface area (Å²) in [6.45, 7) is 5.30. The maximum Gasteiger partial charge on any atom is -0.147 e. The third kappa shape index (κ3) is 9.43. The molecule has 0 bridgehead atoms. The fraction of sp³-hybridized carbons (Fsp3) is 0.500. The zero-order valence-electron chi connectivity index (χ0n) is 9.86. The standard InChI is InChI=1S/C7H9FO2S.C3H6.2ClH.Zr/c1-7(8,11(9)10)6-4-2-3-5-6;1-3-2;;;/h2-4H,5H2,1H3,(H,9,10);1-2H3;2*1H;/p-1. The third-order valence-corrected chi connectivity index (χ3v) is 2.55. The Hall–Kier alpha value is 0.853. The van der Waals surface area contributed by atoms with Crippen LogP contribution in [-0.2, 0) is 35.3 Å². The number of hydrogen-bond acceptors (Lipinski definition) is 2. The van der Waals surface area contributed by atoms with Gasteiger partial charge < -0.3 is 4.55 Å². The normalized spacial score (nSPS) is 17.3. The van der Waals surface area contributed by atoms with Gasteiger partial charge in [-0.15, -0.1) is 24.8 Å². The van der Waals surface area contributed by atoms with Gasteiger partial charge in [-0.25, -0.2) is 4.39 Å². The Morgan fingerprint density at radius 1 is 1.53 bits per heavy atom. The van der Waals surface area contributed by atoms with Gasteiger partial charge in [-0.1, -0.05) is 18.2 Å². The van der Waals surface area contributed by atoms with Crippen LogP contribution in [0, 0.1) is 0 Å².